The van der Waals surface area contributed by atoms with E-state index in [2.05, 4.69) is 29.0 Å². The van der Waals surface area contributed by atoms with Crippen LogP contribution in [0.5, 0.6) is 0 Å². The van der Waals surface area contributed by atoms with Crippen molar-refractivity contribution < 1.29 is 0 Å². The highest BCUT2D eigenvalue weighted by molar-refractivity contribution is 5.37. The lowest BCUT2D eigenvalue weighted by Crippen LogP contribution is -2.53. The van der Waals surface area contributed by atoms with E-state index in [1.165, 1.54) is 0 Å². The molecule has 0 aromatic carbocycles. The van der Waals surface area contributed by atoms with E-state index in [9.17, 15) is 0 Å². The maximum atomic E-state index is 5.75. The highest BCUT2D eigenvalue weighted by Crippen LogP contribution is 2.10. The number of pyridine rings is 1. The summed E-state index contributed by atoms with van der Waals surface area (Å²) < 4.78 is 0. The van der Waals surface area contributed by atoms with E-state index >= 15 is 0 Å². The molecular weight excluding hydrogens is 200 g/mol. The largest absolute Gasteiger partial charge is 0.399 e. The SMILES string of the molecule is C[C@@H]1CN(Cc2cc(N)ccn2)C[C@H](C)N1. The summed E-state index contributed by atoms with van der Waals surface area (Å²) in [4.78, 5) is 6.77. The van der Waals surface area contributed by atoms with E-state index in [4.69, 9.17) is 5.73 Å². The molecule has 88 valence electrons. The summed E-state index contributed by atoms with van der Waals surface area (Å²) in [7, 11) is 0. The zero-order valence-electron chi connectivity index (χ0n) is 9.98. The number of anilines is 1. The molecule has 2 atom stereocenters. The maximum absolute atomic E-state index is 5.75. The Kier molecular flexibility index (Phi) is 3.41. The number of rotatable bonds is 2. The van der Waals surface area contributed by atoms with Crippen molar-refractivity contribution in [1.82, 2.24) is 15.2 Å². The summed E-state index contributed by atoms with van der Waals surface area (Å²) in [6.07, 6.45) is 1.78. The third kappa shape index (κ3) is 2.93. The van der Waals surface area contributed by atoms with Gasteiger partial charge in [0.2, 0.25) is 0 Å². The summed E-state index contributed by atoms with van der Waals surface area (Å²) in [5.41, 5.74) is 7.60. The predicted molar refractivity (Wildman–Crippen MR) is 66.0 cm³/mol. The van der Waals surface area contributed by atoms with Crippen molar-refractivity contribution in [3.05, 3.63) is 24.0 Å². The Labute approximate surface area is 96.8 Å². The summed E-state index contributed by atoms with van der Waals surface area (Å²) in [6.45, 7) is 7.47. The van der Waals surface area contributed by atoms with Gasteiger partial charge in [-0.05, 0) is 26.0 Å². The molecule has 0 amide bonds. The number of hydrogen-bond acceptors (Lipinski definition) is 4. The van der Waals surface area contributed by atoms with Gasteiger partial charge < -0.3 is 11.1 Å². The van der Waals surface area contributed by atoms with Crippen LogP contribution in [0, 0.1) is 0 Å². The zero-order valence-corrected chi connectivity index (χ0v) is 9.98. The van der Waals surface area contributed by atoms with Gasteiger partial charge in [-0.1, -0.05) is 0 Å². The van der Waals surface area contributed by atoms with E-state index in [-0.39, 0.29) is 0 Å². The van der Waals surface area contributed by atoms with Gasteiger partial charge in [0.15, 0.2) is 0 Å². The number of nitrogens with zero attached hydrogens (tertiary/aromatic N) is 2. The van der Waals surface area contributed by atoms with Crippen LogP contribution in [-0.2, 0) is 6.54 Å². The van der Waals surface area contributed by atoms with Gasteiger partial charge >= 0.3 is 0 Å². The molecule has 4 heteroatoms. The third-order valence-corrected chi connectivity index (χ3v) is 2.86. The van der Waals surface area contributed by atoms with Crippen molar-refractivity contribution in [3.63, 3.8) is 0 Å². The van der Waals surface area contributed by atoms with Gasteiger partial charge in [-0.15, -0.1) is 0 Å². The molecule has 3 N–H and O–H groups in total. The van der Waals surface area contributed by atoms with Crippen LogP contribution in [0.2, 0.25) is 0 Å². The molecule has 1 saturated heterocycles. The lowest BCUT2D eigenvalue weighted by Gasteiger charge is -2.35. The van der Waals surface area contributed by atoms with Crippen molar-refractivity contribution in [3.8, 4) is 0 Å². The normalized spacial score (nSPS) is 26.9. The summed E-state index contributed by atoms with van der Waals surface area (Å²) in [5, 5.41) is 3.52. The molecule has 0 unspecified atom stereocenters. The first-order valence-electron chi connectivity index (χ1n) is 5.82. The fourth-order valence-corrected chi connectivity index (χ4v) is 2.38. The Bertz CT molecular complexity index is 343. The average Bonchev–Trinajstić information content (AvgIpc) is 2.15. The second kappa shape index (κ2) is 4.80. The molecule has 4 nitrogen and oxygen atoms in total. The van der Waals surface area contributed by atoms with Gasteiger partial charge in [-0.25, -0.2) is 0 Å². The Morgan fingerprint density at radius 2 is 2.12 bits per heavy atom. The number of nitrogens with one attached hydrogen (secondary N) is 1. The van der Waals surface area contributed by atoms with Crippen LogP contribution in [0.4, 0.5) is 5.69 Å². The second-order valence-corrected chi connectivity index (χ2v) is 4.74. The van der Waals surface area contributed by atoms with E-state index in [1.807, 2.05) is 12.1 Å². The minimum Gasteiger partial charge on any atom is -0.399 e. The average molecular weight is 220 g/mol. The van der Waals surface area contributed by atoms with E-state index in [0.29, 0.717) is 12.1 Å². The molecule has 1 aliphatic heterocycles. The van der Waals surface area contributed by atoms with Crippen molar-refractivity contribution in [2.75, 3.05) is 18.8 Å². The standard InChI is InChI=1S/C12H20N4/c1-9-6-16(7-10(2)15-9)8-12-5-11(13)3-4-14-12/h3-5,9-10,15H,6-8H2,1-2H3,(H2,13,14)/t9-,10+. The van der Waals surface area contributed by atoms with E-state index < -0.39 is 0 Å². The topological polar surface area (TPSA) is 54.2 Å². The molecule has 0 bridgehead atoms. The predicted octanol–water partition coefficient (Wildman–Crippen LogP) is 0.846. The number of piperazine rings is 1. The smallest absolute Gasteiger partial charge is 0.0564 e. The molecule has 2 heterocycles. The molecule has 1 aromatic heterocycles. The van der Waals surface area contributed by atoms with Gasteiger partial charge in [0.05, 0.1) is 5.69 Å². The molecule has 0 aliphatic carbocycles. The number of nitrogens with two attached hydrogens (primary N) is 1. The minimum absolute atomic E-state index is 0.546. The zero-order chi connectivity index (χ0) is 11.5. The first kappa shape index (κ1) is 11.4. The molecular formula is C12H20N4. The van der Waals surface area contributed by atoms with E-state index in [1.54, 1.807) is 6.20 Å². The molecule has 1 fully saturated rings. The first-order valence-corrected chi connectivity index (χ1v) is 5.82. The summed E-state index contributed by atoms with van der Waals surface area (Å²) in [6, 6.07) is 4.87. The minimum atomic E-state index is 0.546. The fourth-order valence-electron chi connectivity index (χ4n) is 2.38. The van der Waals surface area contributed by atoms with Gasteiger partial charge in [0.1, 0.15) is 0 Å². The van der Waals surface area contributed by atoms with Crippen LogP contribution >= 0.6 is 0 Å². The third-order valence-electron chi connectivity index (χ3n) is 2.86. The van der Waals surface area contributed by atoms with Gasteiger partial charge in [0.25, 0.3) is 0 Å². The highest BCUT2D eigenvalue weighted by Gasteiger charge is 2.20. The van der Waals surface area contributed by atoms with Crippen LogP contribution in [0.25, 0.3) is 0 Å². The summed E-state index contributed by atoms with van der Waals surface area (Å²) in [5.74, 6) is 0. The lowest BCUT2D eigenvalue weighted by molar-refractivity contribution is 0.165. The Morgan fingerprint density at radius 3 is 2.75 bits per heavy atom. The molecule has 0 spiro atoms. The Hall–Kier alpha value is -1.13. The van der Waals surface area contributed by atoms with Gasteiger partial charge in [0, 0.05) is 43.6 Å². The lowest BCUT2D eigenvalue weighted by atomic mass is 10.1. The molecule has 0 saturated carbocycles. The van der Waals surface area contributed by atoms with Crippen LogP contribution in [0.15, 0.2) is 18.3 Å². The number of hydrogen-bond donors (Lipinski definition) is 2. The quantitative estimate of drug-likeness (QED) is 0.775. The summed E-state index contributed by atoms with van der Waals surface area (Å²) >= 11 is 0. The second-order valence-electron chi connectivity index (χ2n) is 4.74. The van der Waals surface area contributed by atoms with Crippen LogP contribution in [0.1, 0.15) is 19.5 Å². The van der Waals surface area contributed by atoms with Crippen LogP contribution in [-0.4, -0.2) is 35.1 Å². The number of aromatic nitrogens is 1. The Balaban J connectivity index is 1.98. The number of nitrogen functional groups attached to an aromatic ring is 1. The van der Waals surface area contributed by atoms with Crippen molar-refractivity contribution >= 4 is 5.69 Å². The Morgan fingerprint density at radius 1 is 1.44 bits per heavy atom. The van der Waals surface area contributed by atoms with Crippen molar-refractivity contribution in [2.45, 2.75) is 32.5 Å². The molecule has 1 aliphatic rings. The molecule has 0 radical (unpaired) electrons. The molecule has 16 heavy (non-hydrogen) atoms. The van der Waals surface area contributed by atoms with Gasteiger partial charge in [-0.3, -0.25) is 9.88 Å². The molecule has 1 aromatic rings. The van der Waals surface area contributed by atoms with E-state index in [0.717, 1.165) is 31.0 Å². The highest BCUT2D eigenvalue weighted by atomic mass is 15.2. The first-order chi connectivity index (χ1) is 7.63. The van der Waals surface area contributed by atoms with Crippen LogP contribution < -0.4 is 11.1 Å². The van der Waals surface area contributed by atoms with Crippen LogP contribution in [0.3, 0.4) is 0 Å². The maximum Gasteiger partial charge on any atom is 0.0564 e. The van der Waals surface area contributed by atoms with Crippen molar-refractivity contribution in [2.24, 2.45) is 0 Å². The fraction of sp³-hybridized carbons (Fsp3) is 0.583. The van der Waals surface area contributed by atoms with Gasteiger partial charge in [-0.2, -0.15) is 0 Å². The van der Waals surface area contributed by atoms with Crippen molar-refractivity contribution in [1.29, 1.82) is 0 Å². The molecule has 2 rings (SSSR count). The monoisotopic (exact) mass is 220 g/mol.